The van der Waals surface area contributed by atoms with Crippen molar-refractivity contribution in [1.82, 2.24) is 9.55 Å². The molecule has 0 unspecified atom stereocenters. The van der Waals surface area contributed by atoms with Crippen LogP contribution in [-0.4, -0.2) is 43.6 Å². The Morgan fingerprint density at radius 3 is 2.75 bits per heavy atom. The predicted molar refractivity (Wildman–Crippen MR) is 78.4 cm³/mol. The van der Waals surface area contributed by atoms with Crippen LogP contribution in [0.4, 0.5) is 0 Å². The number of nitrogens with one attached hydrogen (secondary N) is 1. The van der Waals surface area contributed by atoms with Gasteiger partial charge in [0.25, 0.3) is 5.56 Å². The molecule has 2 rings (SSSR count). The van der Waals surface area contributed by atoms with Gasteiger partial charge in [0.05, 0.1) is 18.0 Å². The van der Waals surface area contributed by atoms with E-state index in [4.69, 9.17) is 11.6 Å². The lowest BCUT2D eigenvalue weighted by Crippen LogP contribution is -2.33. The maximum absolute atomic E-state index is 11.9. The van der Waals surface area contributed by atoms with Gasteiger partial charge in [-0.05, 0) is 12.0 Å². The number of alkyl halides is 1. The first-order chi connectivity index (χ1) is 9.49. The highest BCUT2D eigenvalue weighted by Crippen LogP contribution is 2.43. The second kappa shape index (κ2) is 6.17. The van der Waals surface area contributed by atoms with E-state index in [0.717, 1.165) is 0 Å². The monoisotopic (exact) mass is 318 g/mol. The van der Waals surface area contributed by atoms with Crippen molar-refractivity contribution in [3.05, 3.63) is 44.8 Å². The second-order valence-electron chi connectivity index (χ2n) is 4.49. The van der Waals surface area contributed by atoms with Crippen LogP contribution >= 0.6 is 23.4 Å². The van der Waals surface area contributed by atoms with Gasteiger partial charge in [0.1, 0.15) is 5.37 Å². The average Bonchev–Trinajstić information content (AvgIpc) is 2.70. The van der Waals surface area contributed by atoms with Crippen molar-refractivity contribution in [2.24, 2.45) is 0 Å². The molecule has 0 saturated carbocycles. The maximum Gasteiger partial charge on any atom is 0.329 e. The van der Waals surface area contributed by atoms with Crippen molar-refractivity contribution in [3.63, 3.8) is 0 Å². The van der Waals surface area contributed by atoms with Gasteiger partial charge in [-0.1, -0.05) is 6.58 Å². The molecular weight excluding hydrogens is 304 g/mol. The highest BCUT2D eigenvalue weighted by atomic mass is 35.5. The molecule has 110 valence electrons. The largest absolute Gasteiger partial charge is 0.395 e. The number of thioether (sulfide) groups is 1. The summed E-state index contributed by atoms with van der Waals surface area (Å²) in [5, 5.41) is 18.2. The van der Waals surface area contributed by atoms with Crippen LogP contribution in [0.5, 0.6) is 0 Å². The van der Waals surface area contributed by atoms with Gasteiger partial charge in [-0.25, -0.2) is 4.79 Å². The van der Waals surface area contributed by atoms with Gasteiger partial charge in [0.2, 0.25) is 0 Å². The number of aliphatic hydroxyl groups excluding tert-OH is 2. The Morgan fingerprint density at radius 1 is 1.50 bits per heavy atom. The Balaban J connectivity index is 2.43. The van der Waals surface area contributed by atoms with Gasteiger partial charge >= 0.3 is 5.69 Å². The van der Waals surface area contributed by atoms with E-state index < -0.39 is 28.0 Å². The fourth-order valence-electron chi connectivity index (χ4n) is 2.08. The second-order valence-corrected chi connectivity index (χ2v) is 6.19. The summed E-state index contributed by atoms with van der Waals surface area (Å²) in [6.07, 6.45) is 0.900. The molecule has 1 aromatic rings. The molecule has 0 radical (unpaired) electrons. The van der Waals surface area contributed by atoms with Crippen molar-refractivity contribution in [1.29, 1.82) is 0 Å². The van der Waals surface area contributed by atoms with Gasteiger partial charge < -0.3 is 10.2 Å². The lowest BCUT2D eigenvalue weighted by Gasteiger charge is -2.15. The average molecular weight is 319 g/mol. The molecule has 0 aliphatic carbocycles. The first kappa shape index (κ1) is 15.4. The summed E-state index contributed by atoms with van der Waals surface area (Å²) in [6, 6.07) is 0. The van der Waals surface area contributed by atoms with Crippen molar-refractivity contribution in [2.75, 3.05) is 12.5 Å². The molecule has 1 aromatic heterocycles. The van der Waals surface area contributed by atoms with Gasteiger partial charge in [0.15, 0.2) is 0 Å². The smallest absolute Gasteiger partial charge is 0.329 e. The number of halogens is 1. The molecule has 0 bridgehead atoms. The van der Waals surface area contributed by atoms with Crippen molar-refractivity contribution in [2.45, 2.75) is 23.1 Å². The number of H-pyrrole nitrogens is 1. The minimum atomic E-state index is -0.884. The molecule has 1 aliphatic rings. The molecule has 20 heavy (non-hydrogen) atoms. The van der Waals surface area contributed by atoms with E-state index in [0.29, 0.717) is 17.6 Å². The molecule has 3 atom stereocenters. The van der Waals surface area contributed by atoms with E-state index in [9.17, 15) is 19.8 Å². The molecule has 1 fully saturated rings. The molecule has 1 aliphatic heterocycles. The first-order valence-electron chi connectivity index (χ1n) is 6.03. The van der Waals surface area contributed by atoms with E-state index in [1.165, 1.54) is 22.5 Å². The number of hydrogen-bond donors (Lipinski definition) is 3. The number of aliphatic hydroxyl groups is 2. The van der Waals surface area contributed by atoms with E-state index in [1.807, 2.05) is 0 Å². The fourth-order valence-corrected chi connectivity index (χ4v) is 3.63. The Kier molecular flexibility index (Phi) is 4.74. The van der Waals surface area contributed by atoms with Crippen LogP contribution in [0.1, 0.15) is 10.9 Å². The van der Waals surface area contributed by atoms with E-state index in [1.54, 1.807) is 0 Å². The van der Waals surface area contributed by atoms with Crippen molar-refractivity contribution < 1.29 is 10.2 Å². The summed E-state index contributed by atoms with van der Waals surface area (Å²) in [7, 11) is 0. The predicted octanol–water partition coefficient (Wildman–Crippen LogP) is -0.159. The van der Waals surface area contributed by atoms with E-state index in [-0.39, 0.29) is 12.5 Å². The molecule has 3 N–H and O–H groups in total. The molecule has 2 heterocycles. The number of hydrogen-bond acceptors (Lipinski definition) is 5. The first-order valence-corrected chi connectivity index (χ1v) is 7.50. The molecular formula is C12H15ClN2O4S. The van der Waals surface area contributed by atoms with Crippen LogP contribution < -0.4 is 11.2 Å². The third-order valence-corrected chi connectivity index (χ3v) is 4.92. The number of rotatable bonds is 4. The van der Waals surface area contributed by atoms with Crippen molar-refractivity contribution >= 4 is 23.4 Å². The summed E-state index contributed by atoms with van der Waals surface area (Å²) >= 11 is 6.86. The zero-order valence-corrected chi connectivity index (χ0v) is 12.2. The lowest BCUT2D eigenvalue weighted by atomic mass is 10.1. The SMILES string of the molecule is C=C1[C@H](n2cc(CCCl)c(=O)[nH]c2=O)S[C@H](CO)[C@H]1O. The van der Waals surface area contributed by atoms with Crippen LogP contribution in [0, 0.1) is 0 Å². The van der Waals surface area contributed by atoms with E-state index in [2.05, 4.69) is 11.6 Å². The summed E-state index contributed by atoms with van der Waals surface area (Å²) < 4.78 is 1.31. The summed E-state index contributed by atoms with van der Waals surface area (Å²) in [4.78, 5) is 25.8. The third-order valence-electron chi connectivity index (χ3n) is 3.19. The maximum atomic E-state index is 11.9. The molecule has 6 nitrogen and oxygen atoms in total. The standard InChI is InChI=1S/C12H15ClN2O4S/c1-6-9(17)8(5-16)20-11(6)15-4-7(2-3-13)10(18)14-12(15)19/h4,8-9,11,16-17H,1-3,5H2,(H,14,18,19)/t8-,9+,11-/m1/s1. The highest BCUT2D eigenvalue weighted by molar-refractivity contribution is 8.00. The quantitative estimate of drug-likeness (QED) is 0.530. The van der Waals surface area contributed by atoms with Crippen LogP contribution in [0.3, 0.4) is 0 Å². The summed E-state index contributed by atoms with van der Waals surface area (Å²) in [5.74, 6) is 0.266. The number of aryl methyl sites for hydroxylation is 1. The van der Waals surface area contributed by atoms with Crippen LogP contribution in [0.15, 0.2) is 27.9 Å². The van der Waals surface area contributed by atoms with Crippen LogP contribution in [-0.2, 0) is 6.42 Å². The van der Waals surface area contributed by atoms with Crippen LogP contribution in [0.25, 0.3) is 0 Å². The minimum absolute atomic E-state index is 0.214. The normalized spacial score (nSPS) is 26.1. The lowest BCUT2D eigenvalue weighted by molar-refractivity contribution is 0.172. The Morgan fingerprint density at radius 2 is 2.20 bits per heavy atom. The zero-order chi connectivity index (χ0) is 14.9. The summed E-state index contributed by atoms with van der Waals surface area (Å²) in [6.45, 7) is 3.56. The molecule has 0 amide bonds. The fraction of sp³-hybridized carbons (Fsp3) is 0.500. The molecule has 0 aromatic carbocycles. The Hall–Kier alpha value is -1.02. The van der Waals surface area contributed by atoms with Gasteiger partial charge in [-0.2, -0.15) is 0 Å². The Bertz CT molecular complexity index is 627. The third kappa shape index (κ3) is 2.71. The van der Waals surface area contributed by atoms with Crippen LogP contribution in [0.2, 0.25) is 0 Å². The minimum Gasteiger partial charge on any atom is -0.395 e. The van der Waals surface area contributed by atoms with E-state index >= 15 is 0 Å². The summed E-state index contributed by atoms with van der Waals surface area (Å²) in [5.41, 5.74) is -0.201. The number of aromatic nitrogens is 2. The zero-order valence-electron chi connectivity index (χ0n) is 10.6. The van der Waals surface area contributed by atoms with Gasteiger partial charge in [-0.3, -0.25) is 14.3 Å². The van der Waals surface area contributed by atoms with Crippen molar-refractivity contribution in [3.8, 4) is 0 Å². The Labute approximate surface area is 124 Å². The van der Waals surface area contributed by atoms with Gasteiger partial charge in [0, 0.05) is 17.6 Å². The number of aromatic amines is 1. The highest BCUT2D eigenvalue weighted by Gasteiger charge is 2.38. The molecule has 0 spiro atoms. The topological polar surface area (TPSA) is 95.3 Å². The number of nitrogens with zero attached hydrogens (tertiary/aromatic N) is 1. The van der Waals surface area contributed by atoms with Gasteiger partial charge in [-0.15, -0.1) is 23.4 Å². The molecule has 1 saturated heterocycles. The molecule has 8 heteroatoms.